The van der Waals surface area contributed by atoms with Crippen LogP contribution in [-0.4, -0.2) is 76.5 Å². The average Bonchev–Trinajstić information content (AvgIpc) is 3.44. The van der Waals surface area contributed by atoms with Gasteiger partial charge < -0.3 is 24.4 Å². The lowest BCUT2D eigenvalue weighted by Gasteiger charge is -2.34. The highest BCUT2D eigenvalue weighted by atomic mass is 16.6. The molecule has 3 rings (SSSR count). The molecule has 0 radical (unpaired) electrons. The van der Waals surface area contributed by atoms with Gasteiger partial charge in [0.1, 0.15) is 23.0 Å². The maximum atomic E-state index is 14.0. The van der Waals surface area contributed by atoms with Crippen LogP contribution in [0, 0.1) is 0 Å². The number of hydrogen-bond acceptors (Lipinski definition) is 7. The molecule has 3 aromatic rings. The number of likely N-dealkylation sites (N-methyl/N-ethyl adjacent to an activating group) is 1. The summed E-state index contributed by atoms with van der Waals surface area (Å²) in [6.45, 7) is 10.6. The summed E-state index contributed by atoms with van der Waals surface area (Å²) in [6, 6.07) is 13.1. The molecule has 1 heterocycles. The van der Waals surface area contributed by atoms with Gasteiger partial charge in [-0.2, -0.15) is 5.10 Å². The first kappa shape index (κ1) is 32.0. The summed E-state index contributed by atoms with van der Waals surface area (Å²) in [4.78, 5) is 42.9. The van der Waals surface area contributed by atoms with E-state index in [4.69, 9.17) is 14.2 Å². The monoisotopic (exact) mass is 579 g/mol. The van der Waals surface area contributed by atoms with E-state index >= 15 is 0 Å². The Morgan fingerprint density at radius 1 is 0.905 bits per heavy atom. The van der Waals surface area contributed by atoms with Crippen LogP contribution in [0.5, 0.6) is 5.75 Å². The molecule has 0 aliphatic rings. The van der Waals surface area contributed by atoms with E-state index in [1.165, 1.54) is 16.9 Å². The molecular weight excluding hydrogens is 538 g/mol. The van der Waals surface area contributed by atoms with Crippen molar-refractivity contribution in [3.8, 4) is 16.9 Å². The first-order valence-electron chi connectivity index (χ1n) is 13.6. The van der Waals surface area contributed by atoms with E-state index in [-0.39, 0.29) is 13.1 Å². The molecular formula is C31H41N5O6. The Morgan fingerprint density at radius 2 is 1.55 bits per heavy atom. The van der Waals surface area contributed by atoms with Crippen LogP contribution in [0.1, 0.15) is 53.1 Å². The van der Waals surface area contributed by atoms with Gasteiger partial charge in [-0.25, -0.2) is 9.59 Å². The van der Waals surface area contributed by atoms with Gasteiger partial charge in [-0.15, -0.1) is 0 Å². The quantitative estimate of drug-likeness (QED) is 0.325. The maximum absolute atomic E-state index is 14.0. The van der Waals surface area contributed by atoms with E-state index in [1.807, 2.05) is 12.1 Å². The highest BCUT2D eigenvalue weighted by Crippen LogP contribution is 2.29. The van der Waals surface area contributed by atoms with E-state index < -0.39 is 35.3 Å². The van der Waals surface area contributed by atoms with E-state index in [9.17, 15) is 14.4 Å². The van der Waals surface area contributed by atoms with Gasteiger partial charge in [-0.1, -0.05) is 24.3 Å². The highest BCUT2D eigenvalue weighted by Gasteiger charge is 2.35. The number of aromatic amines is 1. The van der Waals surface area contributed by atoms with Gasteiger partial charge in [0.25, 0.3) is 5.91 Å². The number of amides is 3. The Labute approximate surface area is 247 Å². The molecule has 2 aromatic carbocycles. The third-order valence-corrected chi connectivity index (χ3v) is 5.96. The van der Waals surface area contributed by atoms with Crippen molar-refractivity contribution < 1.29 is 28.6 Å². The number of methoxy groups -OCH3 is 1. The van der Waals surface area contributed by atoms with Crippen LogP contribution in [0.4, 0.5) is 15.3 Å². The third-order valence-electron chi connectivity index (χ3n) is 5.96. The second kappa shape index (κ2) is 13.4. The Morgan fingerprint density at radius 3 is 2.12 bits per heavy atom. The first-order chi connectivity index (χ1) is 19.7. The Balaban J connectivity index is 1.96. The van der Waals surface area contributed by atoms with Gasteiger partial charge in [0.05, 0.1) is 13.3 Å². The van der Waals surface area contributed by atoms with Gasteiger partial charge in [-0.3, -0.25) is 14.8 Å². The molecule has 226 valence electrons. The number of nitrogens with zero attached hydrogens (tertiary/aromatic N) is 3. The molecule has 42 heavy (non-hydrogen) atoms. The molecule has 2 N–H and O–H groups in total. The molecule has 1 aromatic heterocycles. The summed E-state index contributed by atoms with van der Waals surface area (Å²) in [5, 5.41) is 9.69. The van der Waals surface area contributed by atoms with Crippen molar-refractivity contribution in [1.82, 2.24) is 20.0 Å². The SMILES string of the molecule is COc1cccc(C(C(=O)Nc2ccc(-c3cn[nH]c3)cc2)N(CCN(C)C(=O)OC(C)(C)C)C(=O)OC(C)(C)C)c1. The van der Waals surface area contributed by atoms with Crippen molar-refractivity contribution in [2.24, 2.45) is 0 Å². The Hall–Kier alpha value is -4.54. The predicted octanol–water partition coefficient (Wildman–Crippen LogP) is 5.87. The number of hydrogen-bond donors (Lipinski definition) is 2. The molecule has 0 spiro atoms. The van der Waals surface area contributed by atoms with Crippen LogP contribution in [0.25, 0.3) is 11.1 Å². The summed E-state index contributed by atoms with van der Waals surface area (Å²) in [6.07, 6.45) is 2.23. The summed E-state index contributed by atoms with van der Waals surface area (Å²) in [5.41, 5.74) is 1.36. The number of carbonyl (C=O) groups excluding carboxylic acids is 3. The van der Waals surface area contributed by atoms with Crippen molar-refractivity contribution in [2.75, 3.05) is 32.6 Å². The van der Waals surface area contributed by atoms with Gasteiger partial charge in [0.2, 0.25) is 0 Å². The number of carbonyl (C=O) groups is 3. The predicted molar refractivity (Wildman–Crippen MR) is 160 cm³/mol. The number of benzene rings is 2. The van der Waals surface area contributed by atoms with Crippen molar-refractivity contribution in [3.63, 3.8) is 0 Å². The smallest absolute Gasteiger partial charge is 0.411 e. The van der Waals surface area contributed by atoms with Crippen molar-refractivity contribution >= 4 is 23.8 Å². The minimum atomic E-state index is -1.12. The maximum Gasteiger partial charge on any atom is 0.411 e. The van der Waals surface area contributed by atoms with Crippen molar-refractivity contribution in [3.05, 3.63) is 66.5 Å². The molecule has 0 saturated heterocycles. The Bertz CT molecular complexity index is 1340. The molecule has 0 saturated carbocycles. The molecule has 1 atom stereocenters. The standard InChI is InChI=1S/C31H41N5O6/c1-30(2,3)41-28(38)35(7)16-17-36(29(39)42-31(4,5)6)26(22-10-9-11-25(18-22)40-8)27(37)34-24-14-12-21(13-15-24)23-19-32-33-20-23/h9-15,18-20,26H,16-17H2,1-8H3,(H,32,33)(H,34,37). The van der Waals surface area contributed by atoms with Gasteiger partial charge in [0.15, 0.2) is 0 Å². The molecule has 0 aliphatic heterocycles. The molecule has 0 aliphatic carbocycles. The van der Waals surface area contributed by atoms with Crippen molar-refractivity contribution in [2.45, 2.75) is 58.8 Å². The first-order valence-corrected chi connectivity index (χ1v) is 13.6. The molecule has 3 amide bonds. The van der Waals surface area contributed by atoms with Crippen LogP contribution in [0.3, 0.4) is 0 Å². The van der Waals surface area contributed by atoms with Crippen LogP contribution in [0.15, 0.2) is 60.9 Å². The number of rotatable bonds is 9. The Kier molecular flexibility index (Phi) is 10.2. The number of anilines is 1. The van der Waals surface area contributed by atoms with Gasteiger partial charge in [0, 0.05) is 37.6 Å². The van der Waals surface area contributed by atoms with E-state index in [1.54, 1.807) is 97.4 Å². The van der Waals surface area contributed by atoms with Crippen LogP contribution in [-0.2, 0) is 14.3 Å². The van der Waals surface area contributed by atoms with E-state index in [0.717, 1.165) is 11.1 Å². The van der Waals surface area contributed by atoms with Gasteiger partial charge >= 0.3 is 12.2 Å². The average molecular weight is 580 g/mol. The van der Waals surface area contributed by atoms with E-state index in [2.05, 4.69) is 15.5 Å². The molecule has 0 bridgehead atoms. The van der Waals surface area contributed by atoms with Crippen LogP contribution in [0.2, 0.25) is 0 Å². The fourth-order valence-electron chi connectivity index (χ4n) is 3.99. The lowest BCUT2D eigenvalue weighted by atomic mass is 10.0. The second-order valence-electron chi connectivity index (χ2n) is 11.8. The number of nitrogens with one attached hydrogen (secondary N) is 2. The van der Waals surface area contributed by atoms with Gasteiger partial charge in [-0.05, 0) is 76.9 Å². The fraction of sp³-hybridized carbons (Fsp3) is 0.419. The third kappa shape index (κ3) is 9.25. The lowest BCUT2D eigenvalue weighted by Crippen LogP contribution is -2.47. The van der Waals surface area contributed by atoms with Crippen molar-refractivity contribution in [1.29, 1.82) is 0 Å². The van der Waals surface area contributed by atoms with Crippen LogP contribution < -0.4 is 10.1 Å². The zero-order valence-corrected chi connectivity index (χ0v) is 25.6. The largest absolute Gasteiger partial charge is 0.497 e. The minimum Gasteiger partial charge on any atom is -0.497 e. The summed E-state index contributed by atoms with van der Waals surface area (Å²) in [5.74, 6) is 0.0508. The summed E-state index contributed by atoms with van der Waals surface area (Å²) in [7, 11) is 3.10. The fourth-order valence-corrected chi connectivity index (χ4v) is 3.99. The minimum absolute atomic E-state index is 0.0145. The normalized spacial score (nSPS) is 12.2. The number of aromatic nitrogens is 2. The zero-order valence-electron chi connectivity index (χ0n) is 25.6. The lowest BCUT2D eigenvalue weighted by molar-refractivity contribution is -0.121. The summed E-state index contributed by atoms with van der Waals surface area (Å²) < 4.78 is 16.6. The molecule has 11 nitrogen and oxygen atoms in total. The second-order valence-corrected chi connectivity index (χ2v) is 11.8. The van der Waals surface area contributed by atoms with E-state index in [0.29, 0.717) is 17.0 Å². The molecule has 0 fully saturated rings. The molecule has 11 heteroatoms. The summed E-state index contributed by atoms with van der Waals surface area (Å²) >= 11 is 0. The number of ether oxygens (including phenoxy) is 3. The topological polar surface area (TPSA) is 126 Å². The molecule has 1 unspecified atom stereocenters. The zero-order chi connectivity index (χ0) is 31.1. The highest BCUT2D eigenvalue weighted by molar-refractivity contribution is 5.97. The number of H-pyrrole nitrogens is 1. The van der Waals surface area contributed by atoms with Crippen LogP contribution >= 0.6 is 0 Å².